The molecular formula is C23H30BCl2FN5O. The molecule has 0 amide bonds. The molecule has 0 aliphatic carbocycles. The molecule has 1 saturated heterocycles. The molecule has 1 fully saturated rings. The van der Waals surface area contributed by atoms with E-state index in [2.05, 4.69) is 15.3 Å². The van der Waals surface area contributed by atoms with Crippen molar-refractivity contribution in [2.24, 2.45) is 10.7 Å². The van der Waals surface area contributed by atoms with Crippen LogP contribution < -0.4 is 21.5 Å². The average Bonchev–Trinajstić information content (AvgIpc) is 2.80. The number of hydrogen-bond acceptors (Lipinski definition) is 6. The van der Waals surface area contributed by atoms with Crippen LogP contribution in [0.1, 0.15) is 37.0 Å². The van der Waals surface area contributed by atoms with E-state index < -0.39 is 11.9 Å². The largest absolute Gasteiger partial charge is 0.482 e. The van der Waals surface area contributed by atoms with Crippen molar-refractivity contribution in [2.45, 2.75) is 45.6 Å². The molecule has 33 heavy (non-hydrogen) atoms. The highest BCUT2D eigenvalue weighted by Crippen LogP contribution is 2.36. The Balaban J connectivity index is 0.00000122. The molecule has 1 aliphatic rings. The monoisotopic (exact) mass is 492 g/mol. The Bertz CT molecular complexity index is 984. The minimum atomic E-state index is -0.659. The lowest BCUT2D eigenvalue weighted by atomic mass is 9.88. The third-order valence-corrected chi connectivity index (χ3v) is 5.63. The zero-order valence-electron chi connectivity index (χ0n) is 19.1. The number of nitrogens with two attached hydrogens (primary N) is 2. The summed E-state index contributed by atoms with van der Waals surface area (Å²) in [6, 6.07) is 4.61. The maximum atomic E-state index is 13.9. The van der Waals surface area contributed by atoms with E-state index in [0.717, 1.165) is 25.9 Å². The number of pyridine rings is 1. The van der Waals surface area contributed by atoms with E-state index in [1.54, 1.807) is 25.4 Å². The van der Waals surface area contributed by atoms with Gasteiger partial charge in [-0.05, 0) is 51.1 Å². The number of anilines is 1. The Kier molecular flexibility index (Phi) is 11.0. The lowest BCUT2D eigenvalue weighted by Crippen LogP contribution is -2.29. The zero-order valence-corrected chi connectivity index (χ0v) is 20.6. The number of piperidine rings is 1. The molecule has 1 aromatic carbocycles. The number of halogens is 3. The van der Waals surface area contributed by atoms with Crippen LogP contribution in [0.5, 0.6) is 5.75 Å². The fourth-order valence-electron chi connectivity index (χ4n) is 3.23. The van der Waals surface area contributed by atoms with Gasteiger partial charge in [-0.25, -0.2) is 9.37 Å². The van der Waals surface area contributed by atoms with Gasteiger partial charge in [0.1, 0.15) is 19.2 Å². The first-order chi connectivity index (χ1) is 15.8. The van der Waals surface area contributed by atoms with E-state index in [1.807, 2.05) is 20.9 Å². The molecule has 1 atom stereocenters. The van der Waals surface area contributed by atoms with E-state index >= 15 is 0 Å². The molecule has 1 unspecified atom stereocenters. The number of nitrogens with one attached hydrogen (secondary N) is 1. The van der Waals surface area contributed by atoms with Gasteiger partial charge in [0, 0.05) is 40.3 Å². The summed E-state index contributed by atoms with van der Waals surface area (Å²) < 4.78 is 19.8. The van der Waals surface area contributed by atoms with Crippen molar-refractivity contribution in [3.63, 3.8) is 0 Å². The second-order valence-electron chi connectivity index (χ2n) is 7.58. The van der Waals surface area contributed by atoms with Crippen molar-refractivity contribution in [3.05, 3.63) is 57.6 Å². The van der Waals surface area contributed by atoms with Gasteiger partial charge < -0.3 is 21.5 Å². The van der Waals surface area contributed by atoms with E-state index in [1.165, 1.54) is 18.3 Å². The molecule has 6 nitrogen and oxygen atoms in total. The highest BCUT2D eigenvalue weighted by molar-refractivity contribution is 6.36. The van der Waals surface area contributed by atoms with Gasteiger partial charge >= 0.3 is 0 Å². The Labute approximate surface area is 205 Å². The fraction of sp³-hybridized carbons (Fsp3) is 0.391. The van der Waals surface area contributed by atoms with E-state index in [-0.39, 0.29) is 16.9 Å². The standard InChI is InChI=1S/C21H24Cl2FN5O.C2H6B/c1-12(19-16(22)2-3-17(24)20(19)23)30-18-8-13(10-29-21(18)26)14(9-25)11-28-15-4-6-27-7-5-15;1-3-2/h2-3,8-12,15,27H,4-7,25H2,1H3,(H2,26,29);1-2H3/b14-9+,28-11?;. The summed E-state index contributed by atoms with van der Waals surface area (Å²) in [6.45, 7) is 7.61. The van der Waals surface area contributed by atoms with Crippen molar-refractivity contribution >= 4 is 48.1 Å². The number of rotatable bonds is 6. The first kappa shape index (κ1) is 27.0. The predicted molar refractivity (Wildman–Crippen MR) is 138 cm³/mol. The molecule has 1 aromatic heterocycles. The molecule has 0 saturated carbocycles. The molecule has 0 spiro atoms. The molecular weight excluding hydrogens is 463 g/mol. The van der Waals surface area contributed by atoms with Gasteiger partial charge in [-0.2, -0.15) is 0 Å². The first-order valence-electron chi connectivity index (χ1n) is 10.8. The Morgan fingerprint density at radius 3 is 2.64 bits per heavy atom. The minimum Gasteiger partial charge on any atom is -0.482 e. The molecule has 5 N–H and O–H groups in total. The number of hydrogen-bond donors (Lipinski definition) is 3. The van der Waals surface area contributed by atoms with Crippen LogP contribution in [0.25, 0.3) is 5.57 Å². The summed E-state index contributed by atoms with van der Waals surface area (Å²) in [6.07, 6.45) is 6.11. The molecule has 1 radical (unpaired) electrons. The summed E-state index contributed by atoms with van der Waals surface area (Å²) in [5.74, 6) is -0.0826. The molecule has 10 heteroatoms. The number of ether oxygens (including phenoxy) is 1. The summed E-state index contributed by atoms with van der Waals surface area (Å²) >= 11 is 12.3. The van der Waals surface area contributed by atoms with Crippen LogP contribution in [0.3, 0.4) is 0 Å². The average molecular weight is 493 g/mol. The normalized spacial score (nSPS) is 15.6. The van der Waals surface area contributed by atoms with Crippen LogP contribution in [0.15, 0.2) is 35.6 Å². The number of aromatic nitrogens is 1. The van der Waals surface area contributed by atoms with Gasteiger partial charge in [0.25, 0.3) is 0 Å². The van der Waals surface area contributed by atoms with Crippen LogP contribution in [0, 0.1) is 5.82 Å². The van der Waals surface area contributed by atoms with Crippen LogP contribution in [-0.2, 0) is 0 Å². The second kappa shape index (κ2) is 13.4. The number of nitrogens with zero attached hydrogens (tertiary/aromatic N) is 2. The summed E-state index contributed by atoms with van der Waals surface area (Å²) in [5, 5.41) is 3.52. The quantitative estimate of drug-likeness (QED) is 0.294. The fourth-order valence-corrected chi connectivity index (χ4v) is 3.91. The summed E-state index contributed by atoms with van der Waals surface area (Å²) in [4.78, 5) is 8.83. The predicted octanol–water partition coefficient (Wildman–Crippen LogP) is 5.16. The topological polar surface area (TPSA) is 98.5 Å². The van der Waals surface area contributed by atoms with E-state index in [4.69, 9.17) is 39.4 Å². The maximum Gasteiger partial charge on any atom is 0.166 e. The van der Waals surface area contributed by atoms with Gasteiger partial charge in [0.2, 0.25) is 0 Å². The lowest BCUT2D eigenvalue weighted by Gasteiger charge is -2.20. The van der Waals surface area contributed by atoms with Gasteiger partial charge in [-0.1, -0.05) is 36.8 Å². The number of aliphatic imine (C=N–C) groups is 1. The smallest absolute Gasteiger partial charge is 0.166 e. The third kappa shape index (κ3) is 7.62. The first-order valence-corrected chi connectivity index (χ1v) is 11.5. The second-order valence-corrected chi connectivity index (χ2v) is 8.37. The van der Waals surface area contributed by atoms with Crippen molar-refractivity contribution in [3.8, 4) is 5.75 Å². The van der Waals surface area contributed by atoms with Gasteiger partial charge in [0.15, 0.2) is 11.6 Å². The van der Waals surface area contributed by atoms with E-state index in [9.17, 15) is 4.39 Å². The molecule has 0 bridgehead atoms. The molecule has 2 aromatic rings. The van der Waals surface area contributed by atoms with Crippen LogP contribution in [-0.4, -0.2) is 37.6 Å². The Morgan fingerprint density at radius 2 is 2.00 bits per heavy atom. The molecule has 177 valence electrons. The van der Waals surface area contributed by atoms with Crippen molar-refractivity contribution in [1.29, 1.82) is 0 Å². The van der Waals surface area contributed by atoms with Crippen molar-refractivity contribution in [2.75, 3.05) is 18.8 Å². The van der Waals surface area contributed by atoms with Crippen molar-refractivity contribution < 1.29 is 9.13 Å². The summed E-state index contributed by atoms with van der Waals surface area (Å²) in [5.41, 5.74) is 13.5. The summed E-state index contributed by atoms with van der Waals surface area (Å²) in [7, 11) is 2.00. The highest BCUT2D eigenvalue weighted by Gasteiger charge is 2.20. The van der Waals surface area contributed by atoms with E-state index in [0.29, 0.717) is 27.5 Å². The molecule has 1 aliphatic heterocycles. The van der Waals surface area contributed by atoms with Crippen LogP contribution in [0.2, 0.25) is 23.7 Å². The molecule has 3 rings (SSSR count). The van der Waals surface area contributed by atoms with Crippen LogP contribution in [0.4, 0.5) is 10.2 Å². The Morgan fingerprint density at radius 1 is 1.33 bits per heavy atom. The number of benzene rings is 1. The number of nitrogen functional groups attached to an aromatic ring is 1. The SMILES string of the molecule is CC(Oc1cc(/C(C=NC2CCNCC2)=C/N)cnc1N)c1c(Cl)ccc(F)c1Cl.C[B]C. The maximum absolute atomic E-state index is 13.9. The number of allylic oxidation sites excluding steroid dienone is 1. The molecule has 2 heterocycles. The minimum absolute atomic E-state index is 0.0886. The van der Waals surface area contributed by atoms with Gasteiger partial charge in [0.05, 0.1) is 11.1 Å². The Hall–Kier alpha value is -2.29. The van der Waals surface area contributed by atoms with Gasteiger partial charge in [-0.3, -0.25) is 4.99 Å². The zero-order chi connectivity index (χ0) is 24.4. The lowest BCUT2D eigenvalue weighted by molar-refractivity contribution is 0.227. The third-order valence-electron chi connectivity index (χ3n) is 4.92. The van der Waals surface area contributed by atoms with Gasteiger partial charge in [-0.15, -0.1) is 0 Å². The highest BCUT2D eigenvalue weighted by atomic mass is 35.5. The van der Waals surface area contributed by atoms with Crippen LogP contribution >= 0.6 is 23.2 Å². The van der Waals surface area contributed by atoms with Crippen molar-refractivity contribution in [1.82, 2.24) is 10.3 Å².